The zero-order chi connectivity index (χ0) is 72.7. The molecule has 0 radical (unpaired) electrons. The molecule has 20 aromatic carbocycles. The Labute approximate surface area is 634 Å². The van der Waals surface area contributed by atoms with Crippen molar-refractivity contribution < 1.29 is 0 Å². The summed E-state index contributed by atoms with van der Waals surface area (Å²) in [6.45, 7) is 0. The molecule has 20 aromatic rings. The van der Waals surface area contributed by atoms with Gasteiger partial charge in [-0.05, 0) is 154 Å². The second kappa shape index (κ2) is 35.0. The van der Waals surface area contributed by atoms with Crippen molar-refractivity contribution in [2.75, 3.05) is 0 Å². The van der Waals surface area contributed by atoms with Crippen molar-refractivity contribution in [1.82, 2.24) is 0 Å². The molecule has 0 N–H and O–H groups in total. The van der Waals surface area contributed by atoms with E-state index in [-0.39, 0.29) is 0 Å². The Morgan fingerprint density at radius 3 is 0.481 bits per heavy atom. The Morgan fingerprint density at radius 2 is 0.241 bits per heavy atom. The largest absolute Gasteiger partial charge is 0.0623 e. The van der Waals surface area contributed by atoms with Crippen molar-refractivity contribution in [3.05, 3.63) is 485 Å². The summed E-state index contributed by atoms with van der Waals surface area (Å²) in [6.07, 6.45) is 0. The first-order valence-electron chi connectivity index (χ1n) is 37.1. The van der Waals surface area contributed by atoms with Crippen molar-refractivity contribution in [2.24, 2.45) is 0 Å². The minimum absolute atomic E-state index is 1.26. The molecular formula is C108H80. The van der Waals surface area contributed by atoms with Gasteiger partial charge in [-0.15, -0.1) is 0 Å². The van der Waals surface area contributed by atoms with E-state index in [2.05, 4.69) is 437 Å². The van der Waals surface area contributed by atoms with Crippen LogP contribution in [0.1, 0.15) is 0 Å². The van der Waals surface area contributed by atoms with E-state index in [4.69, 9.17) is 0 Å². The molecule has 0 saturated carbocycles. The Balaban J connectivity index is 0.000000108. The quantitative estimate of drug-likeness (QED) is 0.133. The molecule has 0 spiro atoms. The van der Waals surface area contributed by atoms with Gasteiger partial charge in [0, 0.05) is 0 Å². The van der Waals surface area contributed by atoms with E-state index in [1.54, 1.807) is 0 Å². The van der Waals surface area contributed by atoms with Crippen LogP contribution in [0.4, 0.5) is 0 Å². The first-order chi connectivity index (χ1) is 53.7. The minimum atomic E-state index is 1.26. The van der Waals surface area contributed by atoms with Gasteiger partial charge in [0.15, 0.2) is 0 Å². The topological polar surface area (TPSA) is 0 Å². The SMILES string of the molecule is c1ccc(-c2c3ccccc3c(-c3ccccc3)c3ccccc23)cc1.c1ccc(-c2c3ccccc3c(-c3ccccc3)c3ccccc23)cc1.c1ccc(-c2ccc(-c3ccccc3)c3ccccc23)cc1.c1ccc(-c2cccc3ccccc23)cc1.c1ccc(-c2ccccc2)cc1.c1ccccc1. The first-order valence-corrected chi connectivity index (χ1v) is 37.1. The van der Waals surface area contributed by atoms with Crippen molar-refractivity contribution in [2.45, 2.75) is 0 Å². The zero-order valence-corrected chi connectivity index (χ0v) is 60.2. The van der Waals surface area contributed by atoms with E-state index in [9.17, 15) is 0 Å². The van der Waals surface area contributed by atoms with Crippen LogP contribution in [0.2, 0.25) is 0 Å². The van der Waals surface area contributed by atoms with Gasteiger partial charge >= 0.3 is 0 Å². The fourth-order valence-corrected chi connectivity index (χ4v) is 14.7. The Hall–Kier alpha value is -14.0. The van der Waals surface area contributed by atoms with E-state index < -0.39 is 0 Å². The summed E-state index contributed by atoms with van der Waals surface area (Å²) in [6, 6.07) is 170. The molecule has 0 nitrogen and oxygen atoms in total. The molecule has 0 fully saturated rings. The third-order valence-electron chi connectivity index (χ3n) is 19.6. The highest BCUT2D eigenvalue weighted by Gasteiger charge is 2.18. The average Bonchev–Trinajstić information content (AvgIpc) is 0.742. The summed E-state index contributed by atoms with van der Waals surface area (Å²) in [7, 11) is 0. The molecular weight excluding hydrogens is 1300 g/mol. The van der Waals surface area contributed by atoms with Crippen molar-refractivity contribution in [3.63, 3.8) is 0 Å². The van der Waals surface area contributed by atoms with Crippen LogP contribution in [0.3, 0.4) is 0 Å². The lowest BCUT2D eigenvalue weighted by molar-refractivity contribution is 1.62. The highest BCUT2D eigenvalue weighted by Crippen LogP contribution is 2.46. The first kappa shape index (κ1) is 69.7. The predicted molar refractivity (Wildman–Crippen MR) is 467 cm³/mol. The molecule has 0 saturated heterocycles. The predicted octanol–water partition coefficient (Wildman–Crippen LogP) is 30.4. The fraction of sp³-hybridized carbons (Fsp3) is 0. The average molecular weight is 1380 g/mol. The number of hydrogen-bond donors (Lipinski definition) is 0. The summed E-state index contributed by atoms with van der Waals surface area (Å²) in [5.41, 5.74) is 20.6. The maximum atomic E-state index is 2.25. The molecule has 0 atom stereocenters. The second-order valence-corrected chi connectivity index (χ2v) is 26.4. The number of fused-ring (bicyclic) bond motifs is 6. The van der Waals surface area contributed by atoms with E-state index in [1.165, 1.54) is 154 Å². The molecule has 0 amide bonds. The Bertz CT molecular complexity index is 5560. The third kappa shape index (κ3) is 16.2. The van der Waals surface area contributed by atoms with Crippen LogP contribution in [0.15, 0.2) is 485 Å². The normalized spacial score (nSPS) is 10.6. The molecule has 0 heterocycles. The summed E-state index contributed by atoms with van der Waals surface area (Å²) < 4.78 is 0. The van der Waals surface area contributed by atoms with Crippen molar-refractivity contribution in [3.8, 4) is 89.0 Å². The summed E-state index contributed by atoms with van der Waals surface area (Å²) in [5.74, 6) is 0. The maximum absolute atomic E-state index is 2.25. The lowest BCUT2D eigenvalue weighted by Gasteiger charge is -2.17. The van der Waals surface area contributed by atoms with Crippen molar-refractivity contribution >= 4 is 64.6 Å². The molecule has 0 unspecified atom stereocenters. The van der Waals surface area contributed by atoms with Crippen LogP contribution in [-0.4, -0.2) is 0 Å². The lowest BCUT2D eigenvalue weighted by atomic mass is 9.86. The monoisotopic (exact) mass is 1380 g/mol. The highest BCUT2D eigenvalue weighted by atomic mass is 14.2. The van der Waals surface area contributed by atoms with Gasteiger partial charge in [-0.2, -0.15) is 0 Å². The number of hydrogen-bond acceptors (Lipinski definition) is 0. The molecule has 0 bridgehead atoms. The maximum Gasteiger partial charge on any atom is -0.00264 e. The van der Waals surface area contributed by atoms with Gasteiger partial charge in [0.2, 0.25) is 0 Å². The highest BCUT2D eigenvalue weighted by molar-refractivity contribution is 6.23. The van der Waals surface area contributed by atoms with Gasteiger partial charge < -0.3 is 0 Å². The van der Waals surface area contributed by atoms with Gasteiger partial charge in [0.05, 0.1) is 0 Å². The fourth-order valence-electron chi connectivity index (χ4n) is 14.7. The zero-order valence-electron chi connectivity index (χ0n) is 60.2. The standard InChI is InChI=1S/2C26H18.C22H16.C16H12.C12H10.C6H6/c2*1-3-11-19(12-4-1)25-21-15-7-9-17-23(21)26(20-13-5-2-6-14-20)24-18-10-8-16-22(24)25;1-3-9-17(10-4-1)19-15-16-20(18-11-5-2-6-12-18)22-14-8-7-13-21(19)22;1-2-7-13(8-3-1)16-12-6-10-14-9-4-5-11-15(14)16;1-3-7-11(8-4-1)12-9-5-2-6-10-12;1-2-4-6-5-3-1/h2*1-18H;1-16H;1-12H;1-10H;1-6H. The summed E-state index contributed by atoms with van der Waals surface area (Å²) in [4.78, 5) is 0. The second-order valence-electron chi connectivity index (χ2n) is 26.4. The van der Waals surface area contributed by atoms with Crippen LogP contribution < -0.4 is 0 Å². The van der Waals surface area contributed by atoms with Crippen LogP contribution in [-0.2, 0) is 0 Å². The summed E-state index contributed by atoms with van der Waals surface area (Å²) in [5, 5.41) is 15.6. The van der Waals surface area contributed by atoms with Gasteiger partial charge in [-0.1, -0.05) is 485 Å². The minimum Gasteiger partial charge on any atom is -0.0623 e. The molecule has 0 aromatic heterocycles. The van der Waals surface area contributed by atoms with Crippen LogP contribution in [0.25, 0.3) is 154 Å². The van der Waals surface area contributed by atoms with Gasteiger partial charge in [0.1, 0.15) is 0 Å². The number of rotatable bonds is 8. The van der Waals surface area contributed by atoms with Crippen LogP contribution in [0.5, 0.6) is 0 Å². The van der Waals surface area contributed by atoms with Crippen molar-refractivity contribution in [1.29, 1.82) is 0 Å². The molecule has 0 aliphatic heterocycles. The molecule has 0 aliphatic carbocycles. The van der Waals surface area contributed by atoms with Gasteiger partial charge in [-0.25, -0.2) is 0 Å². The van der Waals surface area contributed by atoms with Crippen LogP contribution >= 0.6 is 0 Å². The lowest BCUT2D eigenvalue weighted by Crippen LogP contribution is -1.90. The third-order valence-corrected chi connectivity index (χ3v) is 19.6. The molecule has 20 rings (SSSR count). The molecule has 0 aliphatic rings. The molecule has 0 heteroatoms. The van der Waals surface area contributed by atoms with Gasteiger partial charge in [-0.3, -0.25) is 0 Å². The summed E-state index contributed by atoms with van der Waals surface area (Å²) >= 11 is 0. The Morgan fingerprint density at radius 1 is 0.0833 bits per heavy atom. The molecule has 512 valence electrons. The van der Waals surface area contributed by atoms with E-state index >= 15 is 0 Å². The smallest absolute Gasteiger partial charge is 0.00264 e. The van der Waals surface area contributed by atoms with E-state index in [0.717, 1.165) is 0 Å². The van der Waals surface area contributed by atoms with Crippen LogP contribution in [0, 0.1) is 0 Å². The molecule has 108 heavy (non-hydrogen) atoms. The van der Waals surface area contributed by atoms with E-state index in [1.807, 2.05) is 48.5 Å². The number of benzene rings is 20. The van der Waals surface area contributed by atoms with E-state index in [0.29, 0.717) is 0 Å². The Kier molecular flexibility index (Phi) is 22.5. The van der Waals surface area contributed by atoms with Gasteiger partial charge in [0.25, 0.3) is 0 Å².